The van der Waals surface area contributed by atoms with Crippen LogP contribution in [0, 0.1) is 0 Å². The van der Waals surface area contributed by atoms with E-state index in [2.05, 4.69) is 12.2 Å². The van der Waals surface area contributed by atoms with E-state index in [1.165, 1.54) is 51.4 Å². The SMILES string of the molecule is CC(=O)[O-].CC(=O)[O-].CC(=O)[O-].CCCCCCCCCCNCCN.[Na+].[Na+].[Na+]. The van der Waals surface area contributed by atoms with Crippen molar-refractivity contribution in [2.45, 2.75) is 79.1 Å². The summed E-state index contributed by atoms with van der Waals surface area (Å²) in [5, 5.41) is 30.0. The quantitative estimate of drug-likeness (QED) is 0.234. The summed E-state index contributed by atoms with van der Waals surface area (Å²) in [5.74, 6) is -3.25. The number of carbonyl (C=O) groups excluding carboxylic acids is 3. The van der Waals surface area contributed by atoms with E-state index < -0.39 is 17.9 Å². The predicted octanol–water partition coefficient (Wildman–Crippen LogP) is -10.0. The summed E-state index contributed by atoms with van der Waals surface area (Å²) in [4.78, 5) is 26.7. The Labute approximate surface area is 243 Å². The molecule has 11 heteroatoms. The van der Waals surface area contributed by atoms with Gasteiger partial charge in [-0.15, -0.1) is 0 Å². The number of aliphatic carboxylic acids is 3. The Bertz CT molecular complexity index is 273. The van der Waals surface area contributed by atoms with Gasteiger partial charge in [0.15, 0.2) is 0 Å². The molecule has 0 radical (unpaired) electrons. The van der Waals surface area contributed by atoms with Crippen LogP contribution in [0.2, 0.25) is 0 Å². The number of nitrogens with one attached hydrogen (secondary N) is 1. The van der Waals surface area contributed by atoms with Crippen molar-refractivity contribution in [3.63, 3.8) is 0 Å². The third-order valence-electron chi connectivity index (χ3n) is 2.53. The van der Waals surface area contributed by atoms with E-state index in [0.717, 1.165) is 40.4 Å². The number of rotatable bonds is 11. The molecule has 0 aromatic heterocycles. The predicted molar refractivity (Wildman–Crippen MR) is 96.6 cm³/mol. The van der Waals surface area contributed by atoms with Crippen molar-refractivity contribution < 1.29 is 118 Å². The monoisotopic (exact) mass is 446 g/mol. The molecule has 0 aliphatic heterocycles. The first-order valence-electron chi connectivity index (χ1n) is 9.05. The van der Waals surface area contributed by atoms with Gasteiger partial charge in [0.1, 0.15) is 0 Å². The zero-order valence-electron chi connectivity index (χ0n) is 19.8. The van der Waals surface area contributed by atoms with Gasteiger partial charge in [-0.05, 0) is 33.7 Å². The average Bonchev–Trinajstić information content (AvgIpc) is 2.47. The molecule has 0 atom stereocenters. The molecule has 0 aromatic carbocycles. The number of hydrogen-bond acceptors (Lipinski definition) is 8. The van der Waals surface area contributed by atoms with Crippen molar-refractivity contribution in [2.24, 2.45) is 5.73 Å². The van der Waals surface area contributed by atoms with Crippen LogP contribution in [-0.2, 0) is 14.4 Å². The Morgan fingerprint density at radius 2 is 0.931 bits per heavy atom. The molecular formula is C18H37N2Na3O6. The third-order valence-corrected chi connectivity index (χ3v) is 2.53. The summed E-state index contributed by atoms with van der Waals surface area (Å²) < 4.78 is 0. The molecule has 0 saturated heterocycles. The second-order valence-electron chi connectivity index (χ2n) is 5.49. The van der Waals surface area contributed by atoms with Gasteiger partial charge in [-0.2, -0.15) is 0 Å². The van der Waals surface area contributed by atoms with Crippen molar-refractivity contribution in [1.29, 1.82) is 0 Å². The van der Waals surface area contributed by atoms with Crippen LogP contribution in [-0.4, -0.2) is 37.5 Å². The molecule has 0 aromatic rings. The number of carbonyl (C=O) groups is 3. The van der Waals surface area contributed by atoms with Crippen molar-refractivity contribution in [3.05, 3.63) is 0 Å². The number of nitrogens with two attached hydrogens (primary N) is 1. The van der Waals surface area contributed by atoms with Gasteiger partial charge in [-0.3, -0.25) is 0 Å². The maximum absolute atomic E-state index is 8.89. The topological polar surface area (TPSA) is 158 Å². The summed E-state index contributed by atoms with van der Waals surface area (Å²) in [5.41, 5.74) is 5.37. The molecule has 0 saturated carbocycles. The molecule has 0 bridgehead atoms. The minimum absolute atomic E-state index is 0. The Morgan fingerprint density at radius 3 is 1.21 bits per heavy atom. The number of hydrogen-bond donors (Lipinski definition) is 2. The number of unbranched alkanes of at least 4 members (excludes halogenated alkanes) is 7. The van der Waals surface area contributed by atoms with Crippen LogP contribution in [0.4, 0.5) is 0 Å². The van der Waals surface area contributed by atoms with Crippen molar-refractivity contribution in [2.75, 3.05) is 19.6 Å². The van der Waals surface area contributed by atoms with Gasteiger partial charge in [0.25, 0.3) is 0 Å². The second-order valence-corrected chi connectivity index (χ2v) is 5.49. The number of carboxylic acid groups (broad SMARTS) is 3. The van der Waals surface area contributed by atoms with Crippen molar-refractivity contribution in [3.8, 4) is 0 Å². The van der Waals surface area contributed by atoms with Crippen LogP contribution < -0.4 is 115 Å². The molecule has 0 fully saturated rings. The smallest absolute Gasteiger partial charge is 0.550 e. The standard InChI is InChI=1S/C12H28N2.3C2H4O2.3Na/c1-2-3-4-5-6-7-8-9-11-14-12-10-13;3*1-2(3)4;;;/h14H,2-13H2,1H3;3*1H3,(H,3,4);;;/q;;;;3*+1/p-3. The molecule has 0 aliphatic carbocycles. The molecule has 8 nitrogen and oxygen atoms in total. The minimum atomic E-state index is -1.08. The minimum Gasteiger partial charge on any atom is -0.550 e. The van der Waals surface area contributed by atoms with E-state index >= 15 is 0 Å². The maximum Gasteiger partial charge on any atom is 1.00 e. The van der Waals surface area contributed by atoms with Crippen LogP contribution in [0.25, 0.3) is 0 Å². The first-order valence-corrected chi connectivity index (χ1v) is 9.05. The molecule has 0 unspecified atom stereocenters. The normalized spacial score (nSPS) is 7.76. The average molecular weight is 446 g/mol. The first kappa shape index (κ1) is 47.9. The summed E-state index contributed by atoms with van der Waals surface area (Å²) in [6, 6.07) is 0. The molecule has 0 aliphatic rings. The largest absolute Gasteiger partial charge is 1.00 e. The molecule has 29 heavy (non-hydrogen) atoms. The van der Waals surface area contributed by atoms with E-state index in [-0.39, 0.29) is 88.7 Å². The van der Waals surface area contributed by atoms with Crippen molar-refractivity contribution >= 4 is 17.9 Å². The molecule has 0 rings (SSSR count). The second kappa shape index (κ2) is 47.2. The third kappa shape index (κ3) is 144. The van der Waals surface area contributed by atoms with Crippen LogP contribution in [0.3, 0.4) is 0 Å². The fourth-order valence-electron chi connectivity index (χ4n) is 1.61. The van der Waals surface area contributed by atoms with Crippen LogP contribution in [0.5, 0.6) is 0 Å². The van der Waals surface area contributed by atoms with Gasteiger partial charge < -0.3 is 40.8 Å². The molecule has 0 heterocycles. The molecule has 158 valence electrons. The summed E-state index contributed by atoms with van der Waals surface area (Å²) in [6.45, 7) is 8.06. The van der Waals surface area contributed by atoms with Crippen LogP contribution in [0.15, 0.2) is 0 Å². The van der Waals surface area contributed by atoms with Gasteiger partial charge in [0.05, 0.1) is 0 Å². The fourth-order valence-corrected chi connectivity index (χ4v) is 1.61. The van der Waals surface area contributed by atoms with E-state index in [1.54, 1.807) is 0 Å². The summed E-state index contributed by atoms with van der Waals surface area (Å²) in [6.07, 6.45) is 11.2. The molecule has 0 amide bonds. The van der Waals surface area contributed by atoms with Crippen LogP contribution in [0.1, 0.15) is 79.1 Å². The zero-order valence-corrected chi connectivity index (χ0v) is 25.8. The van der Waals surface area contributed by atoms with Gasteiger partial charge in [-0.25, -0.2) is 0 Å². The Hall–Kier alpha value is 1.33. The fraction of sp³-hybridized carbons (Fsp3) is 0.833. The Kier molecular flexibility index (Phi) is 78.0. The Morgan fingerprint density at radius 1 is 0.655 bits per heavy atom. The van der Waals surface area contributed by atoms with E-state index in [0.29, 0.717) is 0 Å². The summed E-state index contributed by atoms with van der Waals surface area (Å²) in [7, 11) is 0. The van der Waals surface area contributed by atoms with Gasteiger partial charge in [0.2, 0.25) is 0 Å². The van der Waals surface area contributed by atoms with E-state index in [1.807, 2.05) is 0 Å². The van der Waals surface area contributed by atoms with Gasteiger partial charge in [0, 0.05) is 31.0 Å². The molecular weight excluding hydrogens is 409 g/mol. The Balaban J connectivity index is -0.0000000540. The van der Waals surface area contributed by atoms with E-state index in [4.69, 9.17) is 35.4 Å². The number of carboxylic acids is 3. The zero-order chi connectivity index (χ0) is 21.2. The van der Waals surface area contributed by atoms with Crippen LogP contribution >= 0.6 is 0 Å². The first-order chi connectivity index (χ1) is 12.1. The van der Waals surface area contributed by atoms with Gasteiger partial charge >= 0.3 is 88.7 Å². The van der Waals surface area contributed by atoms with Crippen molar-refractivity contribution in [1.82, 2.24) is 5.32 Å². The maximum atomic E-state index is 8.89. The van der Waals surface area contributed by atoms with E-state index in [9.17, 15) is 0 Å². The molecule has 0 spiro atoms. The molecule has 3 N–H and O–H groups in total. The van der Waals surface area contributed by atoms with Gasteiger partial charge in [-0.1, -0.05) is 51.9 Å². The summed E-state index contributed by atoms with van der Waals surface area (Å²) >= 11 is 0.